The van der Waals surface area contributed by atoms with E-state index >= 15 is 0 Å². The number of halogens is 4. The fourth-order valence-electron chi connectivity index (χ4n) is 1.88. The molecule has 0 radical (unpaired) electrons. The summed E-state index contributed by atoms with van der Waals surface area (Å²) in [6, 6.07) is 2.41. The number of hydrogen-bond donors (Lipinski definition) is 1. The molecule has 19 heavy (non-hydrogen) atoms. The Labute approximate surface area is 118 Å². The van der Waals surface area contributed by atoms with Crippen molar-refractivity contribution in [1.82, 2.24) is 5.32 Å². The van der Waals surface area contributed by atoms with Crippen molar-refractivity contribution in [2.75, 3.05) is 7.05 Å². The summed E-state index contributed by atoms with van der Waals surface area (Å²) in [6.45, 7) is 1.81. The molecule has 0 bridgehead atoms. The normalized spacial score (nSPS) is 12.7. The monoisotopic (exact) mass is 305 g/mol. The van der Waals surface area contributed by atoms with Gasteiger partial charge in [0, 0.05) is 22.6 Å². The maximum absolute atomic E-state index is 13.8. The van der Waals surface area contributed by atoms with Gasteiger partial charge in [0.2, 0.25) is 0 Å². The molecule has 1 heterocycles. The lowest BCUT2D eigenvalue weighted by molar-refractivity contribution is 0.502. The number of hydrogen-bond acceptors (Lipinski definition) is 2. The Kier molecular flexibility index (Phi) is 4.18. The van der Waals surface area contributed by atoms with Gasteiger partial charge in [-0.15, -0.1) is 11.3 Å². The van der Waals surface area contributed by atoms with Gasteiger partial charge in [-0.25, -0.2) is 13.2 Å². The summed E-state index contributed by atoms with van der Waals surface area (Å²) >= 11 is 7.21. The van der Waals surface area contributed by atoms with Gasteiger partial charge in [-0.3, -0.25) is 0 Å². The van der Waals surface area contributed by atoms with Crippen molar-refractivity contribution in [2.45, 2.75) is 13.0 Å². The molecule has 0 saturated carbocycles. The molecule has 1 aromatic heterocycles. The second-order valence-electron chi connectivity index (χ2n) is 4.11. The van der Waals surface area contributed by atoms with Crippen LogP contribution in [0.1, 0.15) is 22.0 Å². The first-order valence-electron chi connectivity index (χ1n) is 5.51. The van der Waals surface area contributed by atoms with Crippen LogP contribution in [0.4, 0.5) is 13.2 Å². The van der Waals surface area contributed by atoms with E-state index in [0.717, 1.165) is 5.56 Å². The van der Waals surface area contributed by atoms with Crippen molar-refractivity contribution in [3.05, 3.63) is 56.0 Å². The summed E-state index contributed by atoms with van der Waals surface area (Å²) in [5.74, 6) is -2.77. The van der Waals surface area contributed by atoms with E-state index in [9.17, 15) is 13.2 Å². The second kappa shape index (κ2) is 5.53. The molecule has 0 aliphatic carbocycles. The zero-order valence-electron chi connectivity index (χ0n) is 10.2. The molecule has 0 saturated heterocycles. The maximum Gasteiger partial charge on any atom is 0.134 e. The van der Waals surface area contributed by atoms with E-state index in [2.05, 4.69) is 5.32 Å². The Bertz CT molecular complexity index is 569. The second-order valence-corrected chi connectivity index (χ2v) is 5.80. The van der Waals surface area contributed by atoms with E-state index in [0.29, 0.717) is 21.3 Å². The minimum absolute atomic E-state index is 0.207. The molecule has 1 unspecified atom stereocenters. The predicted molar refractivity (Wildman–Crippen MR) is 71.3 cm³/mol. The molecule has 6 heteroatoms. The standard InChI is InChI=1S/C13H11ClF3NS/c1-6-3-10(19-13(6)14)12(18-2)11-8(16)4-7(15)5-9(11)17/h3-5,12,18H,1-2H3. The van der Waals surface area contributed by atoms with Crippen LogP contribution in [0.15, 0.2) is 18.2 Å². The summed E-state index contributed by atoms with van der Waals surface area (Å²) in [7, 11) is 1.58. The van der Waals surface area contributed by atoms with Crippen LogP contribution in [-0.2, 0) is 0 Å². The molecule has 2 rings (SSSR count). The van der Waals surface area contributed by atoms with Gasteiger partial charge in [-0.1, -0.05) is 11.6 Å². The fraction of sp³-hybridized carbons (Fsp3) is 0.231. The van der Waals surface area contributed by atoms with Crippen LogP contribution < -0.4 is 5.32 Å². The number of aryl methyl sites for hydroxylation is 1. The molecule has 0 aliphatic heterocycles. The number of thiophene rings is 1. The highest BCUT2D eigenvalue weighted by Gasteiger charge is 2.23. The van der Waals surface area contributed by atoms with Crippen LogP contribution in [0.25, 0.3) is 0 Å². The Morgan fingerprint density at radius 2 is 1.74 bits per heavy atom. The third-order valence-corrected chi connectivity index (χ3v) is 4.40. The lowest BCUT2D eigenvalue weighted by Gasteiger charge is -2.16. The quantitative estimate of drug-likeness (QED) is 0.884. The zero-order valence-corrected chi connectivity index (χ0v) is 11.8. The first kappa shape index (κ1) is 14.4. The summed E-state index contributed by atoms with van der Waals surface area (Å²) in [6.07, 6.45) is 0. The molecule has 102 valence electrons. The van der Waals surface area contributed by atoms with Gasteiger partial charge >= 0.3 is 0 Å². The Morgan fingerprint density at radius 1 is 1.16 bits per heavy atom. The molecular formula is C13H11ClF3NS. The van der Waals surface area contributed by atoms with Crippen LogP contribution >= 0.6 is 22.9 Å². The van der Waals surface area contributed by atoms with Gasteiger partial charge in [0.25, 0.3) is 0 Å². The summed E-state index contributed by atoms with van der Waals surface area (Å²) < 4.78 is 41.1. The number of benzene rings is 1. The Balaban J connectivity index is 2.54. The molecule has 1 aromatic carbocycles. The number of rotatable bonds is 3. The molecular weight excluding hydrogens is 295 g/mol. The molecule has 0 amide bonds. The van der Waals surface area contributed by atoms with Crippen LogP contribution in [0, 0.1) is 24.4 Å². The highest BCUT2D eigenvalue weighted by molar-refractivity contribution is 7.16. The van der Waals surface area contributed by atoms with Crippen molar-refractivity contribution in [2.24, 2.45) is 0 Å². The first-order valence-corrected chi connectivity index (χ1v) is 6.71. The molecule has 0 fully saturated rings. The van der Waals surface area contributed by atoms with Gasteiger partial charge in [-0.05, 0) is 25.6 Å². The van der Waals surface area contributed by atoms with Gasteiger partial charge in [0.15, 0.2) is 0 Å². The minimum atomic E-state index is -0.936. The Hall–Kier alpha value is -1.04. The van der Waals surface area contributed by atoms with Gasteiger partial charge in [0.1, 0.15) is 17.5 Å². The smallest absolute Gasteiger partial charge is 0.134 e. The van der Waals surface area contributed by atoms with Crippen molar-refractivity contribution in [1.29, 1.82) is 0 Å². The van der Waals surface area contributed by atoms with Crippen LogP contribution in [-0.4, -0.2) is 7.05 Å². The molecule has 0 spiro atoms. The summed E-state index contributed by atoms with van der Waals surface area (Å²) in [5, 5.41) is 2.83. The van der Waals surface area contributed by atoms with Crippen molar-refractivity contribution in [3.8, 4) is 0 Å². The van der Waals surface area contributed by atoms with E-state index in [1.807, 2.05) is 6.92 Å². The minimum Gasteiger partial charge on any atom is -0.308 e. The van der Waals surface area contributed by atoms with Crippen molar-refractivity contribution >= 4 is 22.9 Å². The van der Waals surface area contributed by atoms with Gasteiger partial charge < -0.3 is 5.32 Å². The molecule has 1 nitrogen and oxygen atoms in total. The highest BCUT2D eigenvalue weighted by atomic mass is 35.5. The van der Waals surface area contributed by atoms with Crippen molar-refractivity contribution in [3.63, 3.8) is 0 Å². The largest absolute Gasteiger partial charge is 0.308 e. The van der Waals surface area contributed by atoms with E-state index in [1.165, 1.54) is 11.3 Å². The van der Waals surface area contributed by atoms with Crippen molar-refractivity contribution < 1.29 is 13.2 Å². The average Bonchev–Trinajstić information content (AvgIpc) is 2.63. The third-order valence-electron chi connectivity index (χ3n) is 2.78. The van der Waals surface area contributed by atoms with E-state index in [1.54, 1.807) is 13.1 Å². The van der Waals surface area contributed by atoms with Crippen LogP contribution in [0.2, 0.25) is 4.34 Å². The third kappa shape index (κ3) is 2.78. The Morgan fingerprint density at radius 3 is 2.16 bits per heavy atom. The number of nitrogens with one attached hydrogen (secondary N) is 1. The van der Waals surface area contributed by atoms with E-state index < -0.39 is 23.5 Å². The fourth-order valence-corrected chi connectivity index (χ4v) is 3.22. The highest BCUT2D eigenvalue weighted by Crippen LogP contribution is 2.35. The van der Waals surface area contributed by atoms with Crippen LogP contribution in [0.3, 0.4) is 0 Å². The lowest BCUT2D eigenvalue weighted by atomic mass is 10.0. The molecule has 2 aromatic rings. The summed E-state index contributed by atoms with van der Waals surface area (Å²) in [5.41, 5.74) is 0.631. The van der Waals surface area contributed by atoms with Gasteiger partial charge in [-0.2, -0.15) is 0 Å². The lowest BCUT2D eigenvalue weighted by Crippen LogP contribution is -2.19. The maximum atomic E-state index is 13.8. The first-order chi connectivity index (χ1) is 8.93. The van der Waals surface area contributed by atoms with E-state index in [-0.39, 0.29) is 5.56 Å². The molecule has 1 N–H and O–H groups in total. The predicted octanol–water partition coefficient (Wildman–Crippen LogP) is 4.44. The van der Waals surface area contributed by atoms with Crippen LogP contribution in [0.5, 0.6) is 0 Å². The van der Waals surface area contributed by atoms with E-state index in [4.69, 9.17) is 11.6 Å². The summed E-state index contributed by atoms with van der Waals surface area (Å²) in [4.78, 5) is 0.675. The SMILES string of the molecule is CNC(c1cc(C)c(Cl)s1)c1c(F)cc(F)cc1F. The molecule has 1 atom stereocenters. The zero-order chi connectivity index (χ0) is 14.2. The average molecular weight is 306 g/mol. The topological polar surface area (TPSA) is 12.0 Å². The van der Waals surface area contributed by atoms with Gasteiger partial charge in [0.05, 0.1) is 10.4 Å². The molecule has 0 aliphatic rings.